The molecule has 1 aromatic rings. The molecule has 0 saturated heterocycles. The van der Waals surface area contributed by atoms with Crippen LogP contribution < -0.4 is 5.32 Å². The first-order chi connectivity index (χ1) is 10.7. The van der Waals surface area contributed by atoms with Crippen molar-refractivity contribution < 1.29 is 23.1 Å². The van der Waals surface area contributed by atoms with Gasteiger partial charge in [0.2, 0.25) is 0 Å². The van der Waals surface area contributed by atoms with Crippen LogP contribution in [0.2, 0.25) is 0 Å². The second kappa shape index (κ2) is 8.60. The summed E-state index contributed by atoms with van der Waals surface area (Å²) in [6.45, 7) is 6.76. The molecule has 0 atom stereocenters. The Morgan fingerprint density at radius 1 is 1.22 bits per heavy atom. The number of nitrogens with one attached hydrogen (secondary N) is 1. The molecule has 0 heterocycles. The van der Waals surface area contributed by atoms with E-state index >= 15 is 0 Å². The molecular weight excluding hydrogens is 304 g/mol. The highest BCUT2D eigenvalue weighted by Crippen LogP contribution is 2.18. The molecule has 1 aromatic carbocycles. The number of hydrogen-bond acceptors (Lipinski definition) is 3. The number of rotatable bonds is 7. The first-order valence-corrected chi connectivity index (χ1v) is 7.58. The fourth-order valence-electron chi connectivity index (χ4n) is 1.75. The molecule has 0 radical (unpaired) electrons. The third kappa shape index (κ3) is 7.72. The van der Waals surface area contributed by atoms with E-state index in [-0.39, 0.29) is 29.9 Å². The van der Waals surface area contributed by atoms with E-state index in [9.17, 15) is 18.4 Å². The van der Waals surface area contributed by atoms with Gasteiger partial charge >= 0.3 is 5.97 Å². The minimum absolute atomic E-state index is 0.105. The van der Waals surface area contributed by atoms with E-state index in [0.29, 0.717) is 19.1 Å². The summed E-state index contributed by atoms with van der Waals surface area (Å²) >= 11 is 0. The summed E-state index contributed by atoms with van der Waals surface area (Å²) in [5.74, 6) is -2.61. The molecule has 0 aliphatic rings. The van der Waals surface area contributed by atoms with Gasteiger partial charge in [-0.2, -0.15) is 0 Å². The van der Waals surface area contributed by atoms with Crippen LogP contribution in [0.1, 0.15) is 50.4 Å². The molecule has 0 spiro atoms. The van der Waals surface area contributed by atoms with Crippen LogP contribution in [0.4, 0.5) is 8.78 Å². The van der Waals surface area contributed by atoms with E-state index in [2.05, 4.69) is 26.1 Å². The Hall–Kier alpha value is -1.98. The Morgan fingerprint density at radius 2 is 1.91 bits per heavy atom. The predicted octanol–water partition coefficient (Wildman–Crippen LogP) is 3.45. The molecule has 128 valence electrons. The molecule has 23 heavy (non-hydrogen) atoms. The number of esters is 1. The molecule has 1 rings (SSSR count). The molecule has 0 saturated carbocycles. The summed E-state index contributed by atoms with van der Waals surface area (Å²) < 4.78 is 31.2. The lowest BCUT2D eigenvalue weighted by molar-refractivity contribution is -0.144. The highest BCUT2D eigenvalue weighted by molar-refractivity contribution is 5.94. The minimum atomic E-state index is -0.913. The van der Waals surface area contributed by atoms with Crippen molar-refractivity contribution in [2.75, 3.05) is 13.2 Å². The maximum atomic E-state index is 13.4. The Labute approximate surface area is 135 Å². The SMILES string of the molecule is CC(C)(C)CCOC(=O)CCCNC(=O)c1ccc(F)cc1F. The first-order valence-electron chi connectivity index (χ1n) is 7.58. The molecule has 1 N–H and O–H groups in total. The van der Waals surface area contributed by atoms with Crippen LogP contribution in [0.5, 0.6) is 0 Å². The first kappa shape index (κ1) is 19.1. The van der Waals surface area contributed by atoms with Crippen molar-refractivity contribution in [1.82, 2.24) is 5.32 Å². The third-order valence-corrected chi connectivity index (χ3v) is 3.13. The summed E-state index contributed by atoms with van der Waals surface area (Å²) in [4.78, 5) is 23.2. The highest BCUT2D eigenvalue weighted by atomic mass is 19.1. The molecule has 1 amide bonds. The predicted molar refractivity (Wildman–Crippen MR) is 83.0 cm³/mol. The van der Waals surface area contributed by atoms with Gasteiger partial charge in [-0.05, 0) is 30.4 Å². The average molecular weight is 327 g/mol. The van der Waals surface area contributed by atoms with Crippen LogP contribution >= 0.6 is 0 Å². The molecule has 0 unspecified atom stereocenters. The minimum Gasteiger partial charge on any atom is -0.466 e. The Kier molecular flexibility index (Phi) is 7.13. The monoisotopic (exact) mass is 327 g/mol. The fourth-order valence-corrected chi connectivity index (χ4v) is 1.75. The Balaban J connectivity index is 2.24. The van der Waals surface area contributed by atoms with Gasteiger partial charge in [-0.15, -0.1) is 0 Å². The zero-order valence-corrected chi connectivity index (χ0v) is 13.7. The number of amides is 1. The Morgan fingerprint density at radius 3 is 2.52 bits per heavy atom. The quantitative estimate of drug-likeness (QED) is 0.616. The smallest absolute Gasteiger partial charge is 0.305 e. The van der Waals surface area contributed by atoms with Gasteiger partial charge in [0.1, 0.15) is 11.6 Å². The van der Waals surface area contributed by atoms with Crippen molar-refractivity contribution >= 4 is 11.9 Å². The maximum Gasteiger partial charge on any atom is 0.305 e. The van der Waals surface area contributed by atoms with Gasteiger partial charge in [0.15, 0.2) is 0 Å². The largest absolute Gasteiger partial charge is 0.466 e. The molecular formula is C17H23F2NO3. The van der Waals surface area contributed by atoms with Crippen LogP contribution in [-0.4, -0.2) is 25.0 Å². The molecule has 0 aliphatic carbocycles. The van der Waals surface area contributed by atoms with Crippen molar-refractivity contribution in [3.05, 3.63) is 35.4 Å². The number of ether oxygens (including phenoxy) is 1. The third-order valence-electron chi connectivity index (χ3n) is 3.13. The van der Waals surface area contributed by atoms with E-state index in [4.69, 9.17) is 4.74 Å². The maximum absolute atomic E-state index is 13.4. The number of carbonyl (C=O) groups excluding carboxylic acids is 2. The van der Waals surface area contributed by atoms with E-state index < -0.39 is 17.5 Å². The number of benzene rings is 1. The molecule has 0 fully saturated rings. The number of hydrogen-bond donors (Lipinski definition) is 1. The van der Waals surface area contributed by atoms with Gasteiger partial charge in [-0.25, -0.2) is 8.78 Å². The topological polar surface area (TPSA) is 55.4 Å². The van der Waals surface area contributed by atoms with Gasteiger partial charge in [-0.3, -0.25) is 9.59 Å². The summed E-state index contributed by atoms with van der Waals surface area (Å²) in [5.41, 5.74) is -0.118. The molecule has 6 heteroatoms. The van der Waals surface area contributed by atoms with Crippen LogP contribution in [-0.2, 0) is 9.53 Å². The summed E-state index contributed by atoms with van der Waals surface area (Å²) in [6.07, 6.45) is 1.35. The van der Waals surface area contributed by atoms with Gasteiger partial charge in [0.05, 0.1) is 12.2 Å². The van der Waals surface area contributed by atoms with Crippen molar-refractivity contribution in [2.45, 2.75) is 40.0 Å². The van der Waals surface area contributed by atoms with Gasteiger partial charge in [-0.1, -0.05) is 20.8 Å². The summed E-state index contributed by atoms with van der Waals surface area (Å²) in [6, 6.07) is 2.76. The molecule has 0 aliphatic heterocycles. The van der Waals surface area contributed by atoms with Crippen LogP contribution in [0.25, 0.3) is 0 Å². The Bertz CT molecular complexity index is 553. The lowest BCUT2D eigenvalue weighted by Gasteiger charge is -2.17. The molecule has 0 bridgehead atoms. The van der Waals surface area contributed by atoms with Crippen molar-refractivity contribution in [3.63, 3.8) is 0 Å². The number of halogens is 2. The van der Waals surface area contributed by atoms with Gasteiger partial charge in [0, 0.05) is 19.0 Å². The van der Waals surface area contributed by atoms with E-state index in [1.807, 2.05) is 0 Å². The van der Waals surface area contributed by atoms with Gasteiger partial charge < -0.3 is 10.1 Å². The fraction of sp³-hybridized carbons (Fsp3) is 0.529. The standard InChI is InChI=1S/C17H23F2NO3/c1-17(2,3)8-10-23-15(21)5-4-9-20-16(22)13-7-6-12(18)11-14(13)19/h6-7,11H,4-5,8-10H2,1-3H3,(H,20,22). The van der Waals surface area contributed by atoms with Crippen molar-refractivity contribution in [2.24, 2.45) is 5.41 Å². The lowest BCUT2D eigenvalue weighted by Crippen LogP contribution is -2.26. The van der Waals surface area contributed by atoms with E-state index in [1.54, 1.807) is 0 Å². The average Bonchev–Trinajstić information content (AvgIpc) is 2.42. The zero-order chi connectivity index (χ0) is 17.5. The summed E-state index contributed by atoms with van der Waals surface area (Å²) in [7, 11) is 0. The van der Waals surface area contributed by atoms with Crippen molar-refractivity contribution in [3.8, 4) is 0 Å². The highest BCUT2D eigenvalue weighted by Gasteiger charge is 2.13. The summed E-state index contributed by atoms with van der Waals surface area (Å²) in [5, 5.41) is 2.49. The lowest BCUT2D eigenvalue weighted by atomic mass is 9.93. The van der Waals surface area contributed by atoms with Crippen LogP contribution in [0, 0.1) is 17.0 Å². The van der Waals surface area contributed by atoms with E-state index in [1.165, 1.54) is 0 Å². The van der Waals surface area contributed by atoms with Gasteiger partial charge in [0.25, 0.3) is 5.91 Å². The second-order valence-corrected chi connectivity index (χ2v) is 6.51. The van der Waals surface area contributed by atoms with Crippen LogP contribution in [0.15, 0.2) is 18.2 Å². The number of carbonyl (C=O) groups is 2. The van der Waals surface area contributed by atoms with E-state index in [0.717, 1.165) is 18.6 Å². The van der Waals surface area contributed by atoms with Crippen molar-refractivity contribution in [1.29, 1.82) is 0 Å². The molecule has 4 nitrogen and oxygen atoms in total. The molecule has 0 aromatic heterocycles. The normalized spacial score (nSPS) is 11.2. The second-order valence-electron chi connectivity index (χ2n) is 6.51. The van der Waals surface area contributed by atoms with Crippen LogP contribution in [0.3, 0.4) is 0 Å². The zero-order valence-electron chi connectivity index (χ0n) is 13.7.